The van der Waals surface area contributed by atoms with Crippen LogP contribution in [-0.4, -0.2) is 17.3 Å². The summed E-state index contributed by atoms with van der Waals surface area (Å²) in [5, 5.41) is 9.67. The Morgan fingerprint density at radius 1 is 0.909 bits per heavy atom. The third kappa shape index (κ3) is 5.61. The lowest BCUT2D eigenvalue weighted by molar-refractivity contribution is 0.0734. The van der Waals surface area contributed by atoms with Crippen LogP contribution in [0.25, 0.3) is 10.8 Å². The van der Waals surface area contributed by atoms with Gasteiger partial charge in [-0.3, -0.25) is 5.43 Å². The molecular formula is C27H23N3O2S. The van der Waals surface area contributed by atoms with Crippen LogP contribution in [0.5, 0.6) is 5.75 Å². The van der Waals surface area contributed by atoms with E-state index in [1.165, 1.54) is 0 Å². The number of hydrogen-bond acceptors (Lipinski definition) is 4. The minimum absolute atomic E-state index is 0.357. The third-order valence-electron chi connectivity index (χ3n) is 5.06. The van der Waals surface area contributed by atoms with E-state index in [0.717, 1.165) is 27.6 Å². The molecule has 0 heterocycles. The minimum atomic E-state index is -0.426. The smallest absolute Gasteiger partial charge is 0.343 e. The van der Waals surface area contributed by atoms with Crippen LogP contribution in [0, 0.1) is 13.8 Å². The largest absolute Gasteiger partial charge is 0.422 e. The van der Waals surface area contributed by atoms with Crippen molar-refractivity contribution in [1.29, 1.82) is 0 Å². The van der Waals surface area contributed by atoms with Crippen LogP contribution in [0.2, 0.25) is 0 Å². The quantitative estimate of drug-likeness (QED) is 0.128. The van der Waals surface area contributed by atoms with E-state index in [9.17, 15) is 4.79 Å². The van der Waals surface area contributed by atoms with E-state index >= 15 is 0 Å². The van der Waals surface area contributed by atoms with Crippen LogP contribution in [0.15, 0.2) is 90.0 Å². The monoisotopic (exact) mass is 453 g/mol. The predicted molar refractivity (Wildman–Crippen MR) is 138 cm³/mol. The number of carbonyl (C=O) groups is 1. The number of ether oxygens (including phenoxy) is 1. The molecule has 5 nitrogen and oxygen atoms in total. The number of anilines is 1. The van der Waals surface area contributed by atoms with E-state index in [4.69, 9.17) is 17.0 Å². The molecule has 164 valence electrons. The molecule has 2 N–H and O–H groups in total. The first-order valence-corrected chi connectivity index (χ1v) is 10.9. The Labute approximate surface area is 198 Å². The molecule has 0 bridgehead atoms. The zero-order valence-corrected chi connectivity index (χ0v) is 19.1. The number of nitrogens with one attached hydrogen (secondary N) is 2. The fourth-order valence-corrected chi connectivity index (χ4v) is 3.55. The van der Waals surface area contributed by atoms with E-state index < -0.39 is 5.97 Å². The Balaban J connectivity index is 1.56. The van der Waals surface area contributed by atoms with Gasteiger partial charge >= 0.3 is 5.97 Å². The van der Waals surface area contributed by atoms with Crippen LogP contribution >= 0.6 is 12.2 Å². The number of nitrogens with zero attached hydrogens (tertiary/aromatic N) is 1. The normalized spacial score (nSPS) is 10.8. The first kappa shape index (κ1) is 22.2. The molecule has 4 aromatic rings. The van der Waals surface area contributed by atoms with Crippen molar-refractivity contribution in [1.82, 2.24) is 5.43 Å². The van der Waals surface area contributed by atoms with Crippen molar-refractivity contribution in [3.05, 3.63) is 107 Å². The molecule has 4 rings (SSSR count). The Kier molecular flexibility index (Phi) is 6.76. The molecule has 0 fully saturated rings. The number of fused-ring (bicyclic) bond motifs is 1. The highest BCUT2D eigenvalue weighted by Crippen LogP contribution is 2.27. The van der Waals surface area contributed by atoms with Gasteiger partial charge in [-0.05, 0) is 72.7 Å². The molecule has 0 radical (unpaired) electrons. The fourth-order valence-electron chi connectivity index (χ4n) is 3.38. The zero-order valence-electron chi connectivity index (χ0n) is 18.3. The number of hydrogen-bond donors (Lipinski definition) is 2. The van der Waals surface area contributed by atoms with Crippen molar-refractivity contribution < 1.29 is 9.53 Å². The van der Waals surface area contributed by atoms with Gasteiger partial charge in [-0.15, -0.1) is 0 Å². The van der Waals surface area contributed by atoms with Gasteiger partial charge in [-0.1, -0.05) is 60.2 Å². The Hall–Kier alpha value is -4.03. The van der Waals surface area contributed by atoms with Crippen molar-refractivity contribution in [3.63, 3.8) is 0 Å². The summed E-state index contributed by atoms with van der Waals surface area (Å²) in [7, 11) is 0. The number of hydrazone groups is 1. The zero-order chi connectivity index (χ0) is 23.2. The van der Waals surface area contributed by atoms with Gasteiger partial charge in [0, 0.05) is 11.3 Å². The highest BCUT2D eigenvalue weighted by atomic mass is 32.1. The fraction of sp³-hybridized carbons (Fsp3) is 0.0741. The minimum Gasteiger partial charge on any atom is -0.422 e. The van der Waals surface area contributed by atoms with Crippen LogP contribution in [0.1, 0.15) is 27.0 Å². The lowest BCUT2D eigenvalue weighted by Crippen LogP contribution is -2.23. The SMILES string of the molecule is Cc1ccc(C(=O)Oc2ccc3ccccc3c2/C=N/NC(=S)Nc2cccc(C)c2)cc1. The Bertz CT molecular complexity index is 1350. The van der Waals surface area contributed by atoms with E-state index in [1.54, 1.807) is 24.4 Å². The average molecular weight is 454 g/mol. The Morgan fingerprint density at radius 2 is 1.70 bits per heavy atom. The van der Waals surface area contributed by atoms with E-state index in [2.05, 4.69) is 15.8 Å². The summed E-state index contributed by atoms with van der Waals surface area (Å²) in [4.78, 5) is 12.7. The molecule has 0 aliphatic carbocycles. The number of thiocarbonyl (C=S) groups is 1. The number of benzene rings is 4. The first-order valence-electron chi connectivity index (χ1n) is 10.5. The molecule has 33 heavy (non-hydrogen) atoms. The van der Waals surface area contributed by atoms with Gasteiger partial charge in [0.15, 0.2) is 5.11 Å². The van der Waals surface area contributed by atoms with E-state index in [0.29, 0.717) is 22.0 Å². The number of rotatable bonds is 5. The predicted octanol–water partition coefficient (Wildman–Crippen LogP) is 6.00. The van der Waals surface area contributed by atoms with E-state index in [1.807, 2.05) is 80.6 Å². The van der Waals surface area contributed by atoms with Gasteiger partial charge < -0.3 is 10.1 Å². The Morgan fingerprint density at radius 3 is 2.48 bits per heavy atom. The first-order chi connectivity index (χ1) is 16.0. The number of esters is 1. The van der Waals surface area contributed by atoms with Gasteiger partial charge in [-0.2, -0.15) is 5.10 Å². The summed E-state index contributed by atoms with van der Waals surface area (Å²) in [6, 6.07) is 26.7. The number of aryl methyl sites for hydroxylation is 2. The van der Waals surface area contributed by atoms with Gasteiger partial charge in [0.2, 0.25) is 0 Å². The molecule has 0 aliphatic heterocycles. The molecule has 0 amide bonds. The summed E-state index contributed by atoms with van der Waals surface area (Å²) in [5.74, 6) is -0.00749. The summed E-state index contributed by atoms with van der Waals surface area (Å²) in [6.07, 6.45) is 1.62. The van der Waals surface area contributed by atoms with E-state index in [-0.39, 0.29) is 0 Å². The number of carbonyl (C=O) groups excluding carboxylic acids is 1. The van der Waals surface area contributed by atoms with Crippen LogP contribution in [0.3, 0.4) is 0 Å². The standard InChI is InChI=1S/C27H23N3O2S/c1-18-10-12-21(13-11-18)26(31)32-25-15-14-20-7-3-4-9-23(20)24(25)17-28-30-27(33)29-22-8-5-6-19(2)16-22/h3-17H,1-2H3,(H2,29,30,33)/b28-17+. The van der Waals surface area contributed by atoms with Gasteiger partial charge in [0.1, 0.15) is 5.75 Å². The lowest BCUT2D eigenvalue weighted by Gasteiger charge is -2.11. The molecular weight excluding hydrogens is 430 g/mol. The van der Waals surface area contributed by atoms with Crippen molar-refractivity contribution in [2.24, 2.45) is 5.10 Å². The molecule has 4 aromatic carbocycles. The topological polar surface area (TPSA) is 62.7 Å². The highest BCUT2D eigenvalue weighted by molar-refractivity contribution is 7.80. The second-order valence-electron chi connectivity index (χ2n) is 7.65. The maximum atomic E-state index is 12.7. The summed E-state index contributed by atoms with van der Waals surface area (Å²) < 4.78 is 5.74. The second-order valence-corrected chi connectivity index (χ2v) is 8.06. The second kappa shape index (κ2) is 10.1. The molecule has 0 saturated heterocycles. The van der Waals surface area contributed by atoms with Crippen LogP contribution in [0.4, 0.5) is 5.69 Å². The highest BCUT2D eigenvalue weighted by Gasteiger charge is 2.13. The van der Waals surface area contributed by atoms with Crippen molar-refractivity contribution in [3.8, 4) is 5.75 Å². The van der Waals surface area contributed by atoms with Gasteiger partial charge in [0.05, 0.1) is 11.8 Å². The summed E-state index contributed by atoms with van der Waals surface area (Å²) >= 11 is 5.35. The molecule has 0 spiro atoms. The van der Waals surface area contributed by atoms with Gasteiger partial charge in [-0.25, -0.2) is 4.79 Å². The molecule has 0 unspecified atom stereocenters. The lowest BCUT2D eigenvalue weighted by atomic mass is 10.0. The average Bonchev–Trinajstić information content (AvgIpc) is 2.80. The molecule has 0 atom stereocenters. The van der Waals surface area contributed by atoms with Crippen molar-refractivity contribution >= 4 is 46.0 Å². The third-order valence-corrected chi connectivity index (χ3v) is 5.25. The van der Waals surface area contributed by atoms with Gasteiger partial charge in [0.25, 0.3) is 0 Å². The summed E-state index contributed by atoms with van der Waals surface area (Å²) in [5.41, 5.74) is 7.07. The van der Waals surface area contributed by atoms with Crippen LogP contribution < -0.4 is 15.5 Å². The molecule has 0 saturated carbocycles. The maximum Gasteiger partial charge on any atom is 0.343 e. The molecule has 6 heteroatoms. The van der Waals surface area contributed by atoms with Crippen molar-refractivity contribution in [2.75, 3.05) is 5.32 Å². The van der Waals surface area contributed by atoms with Crippen molar-refractivity contribution in [2.45, 2.75) is 13.8 Å². The maximum absolute atomic E-state index is 12.7. The molecule has 0 aromatic heterocycles. The molecule has 0 aliphatic rings. The summed E-state index contributed by atoms with van der Waals surface area (Å²) in [6.45, 7) is 3.98. The van der Waals surface area contributed by atoms with Crippen LogP contribution in [-0.2, 0) is 0 Å².